The van der Waals surface area contributed by atoms with Crippen molar-refractivity contribution in [2.75, 3.05) is 13.2 Å². The van der Waals surface area contributed by atoms with E-state index in [1.54, 1.807) is 0 Å². The van der Waals surface area contributed by atoms with E-state index in [0.29, 0.717) is 6.61 Å². The molecule has 1 aliphatic rings. The minimum absolute atomic E-state index is 0.000787. The van der Waals surface area contributed by atoms with Gasteiger partial charge in [0.1, 0.15) is 0 Å². The number of nitrogens with two attached hydrogens (primary N) is 1. The molecule has 14 heavy (non-hydrogen) atoms. The van der Waals surface area contributed by atoms with E-state index in [2.05, 4.69) is 5.32 Å². The predicted molar refractivity (Wildman–Crippen MR) is 47.6 cm³/mol. The van der Waals surface area contributed by atoms with Crippen molar-refractivity contribution in [3.05, 3.63) is 0 Å². The molecule has 1 rings (SSSR count). The molecule has 1 amide bonds. The highest BCUT2D eigenvalue weighted by molar-refractivity contribution is 5.89. The molecule has 0 aliphatic carbocycles. The number of carboxylic acids is 1. The molecule has 6 nitrogen and oxygen atoms in total. The number of carboxylic acid groups (broad SMARTS) is 1. The number of nitrogens with one attached hydrogen (secondary N) is 1. The minimum atomic E-state index is -1.29. The van der Waals surface area contributed by atoms with Crippen molar-refractivity contribution in [2.45, 2.75) is 24.9 Å². The Bertz CT molecular complexity index is 246. The monoisotopic (exact) mass is 202 g/mol. The van der Waals surface area contributed by atoms with Gasteiger partial charge in [0, 0.05) is 13.0 Å². The first-order valence-electron chi connectivity index (χ1n) is 4.37. The number of aliphatic carboxylic acids is 1. The SMILES string of the molecule is C[C@H](N)C(=O)NC1(C(=O)O)CCOC1. The largest absolute Gasteiger partial charge is 0.479 e. The van der Waals surface area contributed by atoms with E-state index in [4.69, 9.17) is 15.6 Å². The van der Waals surface area contributed by atoms with E-state index in [1.165, 1.54) is 6.92 Å². The summed E-state index contributed by atoms with van der Waals surface area (Å²) in [6.45, 7) is 1.84. The fourth-order valence-electron chi connectivity index (χ4n) is 1.24. The lowest BCUT2D eigenvalue weighted by molar-refractivity contribution is -0.147. The molecule has 1 saturated heterocycles. The number of carbonyl (C=O) groups is 2. The van der Waals surface area contributed by atoms with E-state index in [1.807, 2.05) is 0 Å². The van der Waals surface area contributed by atoms with Crippen LogP contribution in [0.5, 0.6) is 0 Å². The molecule has 4 N–H and O–H groups in total. The summed E-state index contributed by atoms with van der Waals surface area (Å²) >= 11 is 0. The zero-order valence-electron chi connectivity index (χ0n) is 7.95. The Morgan fingerprint density at radius 3 is 2.64 bits per heavy atom. The summed E-state index contributed by atoms with van der Waals surface area (Å²) in [5.74, 6) is -1.55. The van der Waals surface area contributed by atoms with Gasteiger partial charge in [-0.05, 0) is 6.92 Å². The first kappa shape index (κ1) is 10.9. The van der Waals surface area contributed by atoms with Crippen LogP contribution in [-0.2, 0) is 14.3 Å². The molecule has 2 atom stereocenters. The van der Waals surface area contributed by atoms with Crippen LogP contribution in [0.4, 0.5) is 0 Å². The molecule has 0 radical (unpaired) electrons. The summed E-state index contributed by atoms with van der Waals surface area (Å²) < 4.78 is 4.97. The maximum Gasteiger partial charge on any atom is 0.331 e. The Kier molecular flexibility index (Phi) is 3.07. The molecule has 0 saturated carbocycles. The standard InChI is InChI=1S/C8H14N2O4/c1-5(9)6(11)10-8(7(12)13)2-3-14-4-8/h5H,2-4,9H2,1H3,(H,10,11)(H,12,13)/t5-,8?/m0/s1. The molecule has 80 valence electrons. The summed E-state index contributed by atoms with van der Waals surface area (Å²) in [6, 6.07) is -0.716. The summed E-state index contributed by atoms with van der Waals surface area (Å²) in [4.78, 5) is 22.2. The van der Waals surface area contributed by atoms with Gasteiger partial charge in [-0.2, -0.15) is 0 Å². The van der Waals surface area contributed by atoms with Crippen molar-refractivity contribution in [3.63, 3.8) is 0 Å². The highest BCUT2D eigenvalue weighted by Gasteiger charge is 2.44. The van der Waals surface area contributed by atoms with Crippen molar-refractivity contribution in [1.82, 2.24) is 5.32 Å². The van der Waals surface area contributed by atoms with E-state index in [0.717, 1.165) is 0 Å². The highest BCUT2D eigenvalue weighted by Crippen LogP contribution is 2.18. The lowest BCUT2D eigenvalue weighted by atomic mass is 9.98. The summed E-state index contributed by atoms with van der Waals surface area (Å²) in [7, 11) is 0. The second kappa shape index (κ2) is 3.93. The van der Waals surface area contributed by atoms with Crippen molar-refractivity contribution in [3.8, 4) is 0 Å². The smallest absolute Gasteiger partial charge is 0.331 e. The lowest BCUT2D eigenvalue weighted by Crippen LogP contribution is -2.58. The summed E-state index contributed by atoms with van der Waals surface area (Å²) in [6.07, 6.45) is 0.279. The fraction of sp³-hybridized carbons (Fsp3) is 0.750. The van der Waals surface area contributed by atoms with E-state index in [9.17, 15) is 9.59 Å². The average Bonchev–Trinajstić information content (AvgIpc) is 2.53. The van der Waals surface area contributed by atoms with E-state index >= 15 is 0 Å². The number of ether oxygens (including phenoxy) is 1. The van der Waals surface area contributed by atoms with Gasteiger partial charge in [-0.15, -0.1) is 0 Å². The third-order valence-corrected chi connectivity index (χ3v) is 2.21. The Balaban J connectivity index is 2.70. The molecule has 1 fully saturated rings. The van der Waals surface area contributed by atoms with Crippen LogP contribution in [-0.4, -0.2) is 41.8 Å². The topological polar surface area (TPSA) is 102 Å². The molecule has 0 spiro atoms. The number of carbonyl (C=O) groups excluding carboxylic acids is 1. The highest BCUT2D eigenvalue weighted by atomic mass is 16.5. The number of hydrogen-bond acceptors (Lipinski definition) is 4. The molecule has 0 aromatic carbocycles. The van der Waals surface area contributed by atoms with Crippen LogP contribution in [0.15, 0.2) is 0 Å². The van der Waals surface area contributed by atoms with Crippen LogP contribution in [0.25, 0.3) is 0 Å². The molecule has 1 aliphatic heterocycles. The minimum Gasteiger partial charge on any atom is -0.479 e. The van der Waals surface area contributed by atoms with Crippen LogP contribution in [0.2, 0.25) is 0 Å². The van der Waals surface area contributed by atoms with Gasteiger partial charge < -0.3 is 20.9 Å². The van der Waals surface area contributed by atoms with Crippen LogP contribution < -0.4 is 11.1 Å². The maximum atomic E-state index is 11.3. The van der Waals surface area contributed by atoms with Crippen molar-refractivity contribution < 1.29 is 19.4 Å². The Labute approximate surface area is 81.4 Å². The number of hydrogen-bond donors (Lipinski definition) is 3. The van der Waals surface area contributed by atoms with Gasteiger partial charge in [-0.1, -0.05) is 0 Å². The quantitative estimate of drug-likeness (QED) is 0.527. The van der Waals surface area contributed by atoms with Gasteiger partial charge in [0.05, 0.1) is 12.6 Å². The van der Waals surface area contributed by atoms with Crippen LogP contribution >= 0.6 is 0 Å². The summed E-state index contributed by atoms with van der Waals surface area (Å²) in [5, 5.41) is 11.4. The Hall–Kier alpha value is -1.14. The second-order valence-corrected chi connectivity index (χ2v) is 3.47. The second-order valence-electron chi connectivity index (χ2n) is 3.47. The Morgan fingerprint density at radius 2 is 2.29 bits per heavy atom. The maximum absolute atomic E-state index is 11.3. The fourth-order valence-corrected chi connectivity index (χ4v) is 1.24. The number of rotatable bonds is 3. The van der Waals surface area contributed by atoms with Gasteiger partial charge in [-0.25, -0.2) is 4.79 Å². The Morgan fingerprint density at radius 1 is 1.64 bits per heavy atom. The lowest BCUT2D eigenvalue weighted by Gasteiger charge is -2.24. The van der Waals surface area contributed by atoms with Gasteiger partial charge in [0.25, 0.3) is 0 Å². The van der Waals surface area contributed by atoms with Crippen LogP contribution in [0, 0.1) is 0 Å². The average molecular weight is 202 g/mol. The van der Waals surface area contributed by atoms with Crippen LogP contribution in [0.1, 0.15) is 13.3 Å². The van der Waals surface area contributed by atoms with Gasteiger partial charge in [0.15, 0.2) is 5.54 Å². The van der Waals surface area contributed by atoms with E-state index < -0.39 is 23.5 Å². The molecule has 0 aromatic heterocycles. The van der Waals surface area contributed by atoms with Gasteiger partial charge in [-0.3, -0.25) is 4.79 Å². The molecular formula is C8H14N2O4. The third-order valence-electron chi connectivity index (χ3n) is 2.21. The van der Waals surface area contributed by atoms with Crippen molar-refractivity contribution in [2.24, 2.45) is 5.73 Å². The predicted octanol–water partition coefficient (Wildman–Crippen LogP) is -1.31. The van der Waals surface area contributed by atoms with Crippen molar-refractivity contribution in [1.29, 1.82) is 0 Å². The van der Waals surface area contributed by atoms with E-state index in [-0.39, 0.29) is 13.0 Å². The zero-order valence-corrected chi connectivity index (χ0v) is 7.95. The third kappa shape index (κ3) is 2.02. The normalized spacial score (nSPS) is 28.4. The molecular weight excluding hydrogens is 188 g/mol. The zero-order chi connectivity index (χ0) is 10.8. The molecule has 0 aromatic rings. The first-order chi connectivity index (χ1) is 6.48. The van der Waals surface area contributed by atoms with Gasteiger partial charge >= 0.3 is 5.97 Å². The molecule has 0 bridgehead atoms. The first-order valence-corrected chi connectivity index (χ1v) is 4.37. The van der Waals surface area contributed by atoms with Crippen molar-refractivity contribution >= 4 is 11.9 Å². The van der Waals surface area contributed by atoms with Crippen LogP contribution in [0.3, 0.4) is 0 Å². The van der Waals surface area contributed by atoms with Gasteiger partial charge in [0.2, 0.25) is 5.91 Å². The summed E-state index contributed by atoms with van der Waals surface area (Å²) in [5.41, 5.74) is 4.04. The molecule has 1 heterocycles. The molecule has 1 unspecified atom stereocenters. The number of amides is 1. The molecule has 6 heteroatoms.